The second-order valence-corrected chi connectivity index (χ2v) is 16.6. The van der Waals surface area contributed by atoms with Crippen molar-refractivity contribution in [1.82, 2.24) is 0 Å². The Labute approximate surface area is 274 Å². The molecule has 4 aliphatic carbocycles. The first-order valence-corrected chi connectivity index (χ1v) is 17.2. The quantitative estimate of drug-likeness (QED) is 0.128. The number of fused-ring (bicyclic) bond motifs is 4. The van der Waals surface area contributed by atoms with Crippen molar-refractivity contribution in [2.24, 2.45) is 45.3 Å². The lowest BCUT2D eigenvalue weighted by atomic mass is 9.42. The molecule has 0 spiro atoms. The molecule has 0 aliphatic heterocycles. The largest absolute Gasteiger partial charge is 0.481 e. The van der Waals surface area contributed by atoms with Crippen molar-refractivity contribution in [2.75, 3.05) is 6.61 Å². The Hall–Kier alpha value is -2.23. The SMILES string of the molecule is C=C(CC[C@@H](C)[C@H]1CC[C@@]2(C)C3=C(C[C@H](O)[C@]12C)[C@@]1(C)CC[C@@H](OC(=O)CC(C)(O)CC(=O)O)[C@](C)(CO)C1CC3)[C@H](C)C(=O)O. The van der Waals surface area contributed by atoms with Gasteiger partial charge in [-0.25, -0.2) is 0 Å². The highest BCUT2D eigenvalue weighted by atomic mass is 16.5. The minimum Gasteiger partial charge on any atom is -0.481 e. The molecule has 4 aliphatic rings. The van der Waals surface area contributed by atoms with E-state index in [0.717, 1.165) is 44.1 Å². The lowest BCUT2D eigenvalue weighted by molar-refractivity contribution is -0.183. The Bertz CT molecular complexity index is 1270. The summed E-state index contributed by atoms with van der Waals surface area (Å²) in [6.07, 6.45) is 4.86. The molecule has 0 bridgehead atoms. The van der Waals surface area contributed by atoms with Crippen LogP contribution in [0.25, 0.3) is 0 Å². The van der Waals surface area contributed by atoms with E-state index in [9.17, 15) is 34.8 Å². The molecule has 9 nitrogen and oxygen atoms in total. The molecule has 0 saturated heterocycles. The van der Waals surface area contributed by atoms with E-state index in [1.54, 1.807) is 6.92 Å². The van der Waals surface area contributed by atoms with Crippen LogP contribution in [0.4, 0.5) is 0 Å². The first-order chi connectivity index (χ1) is 21.2. The molecule has 0 aromatic heterocycles. The number of aliphatic hydroxyl groups is 3. The number of carboxylic acid groups (broad SMARTS) is 2. The van der Waals surface area contributed by atoms with Crippen LogP contribution in [0.5, 0.6) is 0 Å². The van der Waals surface area contributed by atoms with Gasteiger partial charge in [-0.1, -0.05) is 57.9 Å². The van der Waals surface area contributed by atoms with E-state index in [4.69, 9.17) is 9.84 Å². The number of esters is 1. The van der Waals surface area contributed by atoms with E-state index in [2.05, 4.69) is 34.3 Å². The standard InChI is InChI=1S/C37H58O9/c1-21(23(3)32(43)44)9-10-22(2)24-13-16-36(7)25-11-12-27-34(5,26(25)17-28(39)37(24,36)8)15-14-29(35(27,6)20-38)46-31(42)19-33(4,45)18-30(40)41/h22-24,27-29,38-39,45H,1,9-20H2,2-8H3,(H,40,41)(H,43,44)/t22-,23+,24-,27?,28+,29-,33?,34-,35-,36+,37+/m1/s1. The fourth-order valence-electron chi connectivity index (χ4n) is 10.8. The van der Waals surface area contributed by atoms with Crippen LogP contribution in [-0.4, -0.2) is 67.9 Å². The number of aliphatic carboxylic acids is 2. The molecule has 0 aromatic carbocycles. The number of allylic oxidation sites excluding steroid dienone is 1. The van der Waals surface area contributed by atoms with Crippen molar-refractivity contribution in [3.05, 3.63) is 23.3 Å². The summed E-state index contributed by atoms with van der Waals surface area (Å²) in [6.45, 7) is 18.0. The monoisotopic (exact) mass is 646 g/mol. The molecule has 0 radical (unpaired) electrons. The normalized spacial score (nSPS) is 39.7. The molecule has 2 unspecified atom stereocenters. The maximum Gasteiger partial charge on any atom is 0.310 e. The van der Waals surface area contributed by atoms with Gasteiger partial charge in [0.25, 0.3) is 0 Å². The van der Waals surface area contributed by atoms with E-state index >= 15 is 0 Å². The molecule has 46 heavy (non-hydrogen) atoms. The van der Waals surface area contributed by atoms with Crippen molar-refractivity contribution in [2.45, 2.75) is 137 Å². The van der Waals surface area contributed by atoms with E-state index in [1.807, 2.05) is 6.92 Å². The van der Waals surface area contributed by atoms with Gasteiger partial charge in [0.1, 0.15) is 6.10 Å². The van der Waals surface area contributed by atoms with E-state index in [1.165, 1.54) is 18.1 Å². The van der Waals surface area contributed by atoms with Gasteiger partial charge >= 0.3 is 17.9 Å². The topological polar surface area (TPSA) is 162 Å². The first kappa shape index (κ1) is 36.6. The van der Waals surface area contributed by atoms with Gasteiger partial charge in [-0.3, -0.25) is 14.4 Å². The zero-order valence-electron chi connectivity index (χ0n) is 29.0. The lowest BCUT2D eigenvalue weighted by Gasteiger charge is -2.63. The Kier molecular flexibility index (Phi) is 10.1. The number of hydrogen-bond acceptors (Lipinski definition) is 7. The van der Waals surface area contributed by atoms with Gasteiger partial charge in [0, 0.05) is 10.8 Å². The van der Waals surface area contributed by atoms with Gasteiger partial charge in [-0.15, -0.1) is 0 Å². The number of carboxylic acids is 2. The fraction of sp³-hybridized carbons (Fsp3) is 0.811. The molecular weight excluding hydrogens is 588 g/mol. The Morgan fingerprint density at radius 1 is 1.02 bits per heavy atom. The molecule has 9 heteroatoms. The van der Waals surface area contributed by atoms with E-state index in [-0.39, 0.29) is 34.7 Å². The molecule has 11 atom stereocenters. The van der Waals surface area contributed by atoms with Gasteiger partial charge in [0.05, 0.1) is 37.1 Å². The molecule has 0 heterocycles. The molecular formula is C37H58O9. The molecule has 260 valence electrons. The van der Waals surface area contributed by atoms with Crippen LogP contribution >= 0.6 is 0 Å². The third-order valence-corrected chi connectivity index (χ3v) is 13.9. The number of rotatable bonds is 12. The van der Waals surface area contributed by atoms with E-state index in [0.29, 0.717) is 25.2 Å². The summed E-state index contributed by atoms with van der Waals surface area (Å²) in [5.74, 6) is -2.69. The van der Waals surface area contributed by atoms with Crippen LogP contribution < -0.4 is 0 Å². The summed E-state index contributed by atoms with van der Waals surface area (Å²) in [5.41, 5.74) is 0.233. The maximum atomic E-state index is 12.9. The maximum absolute atomic E-state index is 12.9. The Morgan fingerprint density at radius 3 is 2.26 bits per heavy atom. The summed E-state index contributed by atoms with van der Waals surface area (Å²) in [4.78, 5) is 35.5. The number of carbonyl (C=O) groups is 3. The molecule has 4 rings (SSSR count). The predicted octanol–water partition coefficient (Wildman–Crippen LogP) is 5.90. The summed E-state index contributed by atoms with van der Waals surface area (Å²) in [5, 5.41) is 51.9. The highest BCUT2D eigenvalue weighted by molar-refractivity contribution is 5.74. The number of ether oxygens (including phenoxy) is 1. The zero-order valence-corrected chi connectivity index (χ0v) is 29.0. The van der Waals surface area contributed by atoms with Crippen LogP contribution in [-0.2, 0) is 19.1 Å². The van der Waals surface area contributed by atoms with Gasteiger partial charge in [0.15, 0.2) is 0 Å². The van der Waals surface area contributed by atoms with Crippen LogP contribution in [0.2, 0.25) is 0 Å². The lowest BCUT2D eigenvalue weighted by Crippen LogP contribution is -2.60. The van der Waals surface area contributed by atoms with Crippen molar-refractivity contribution in [3.63, 3.8) is 0 Å². The smallest absolute Gasteiger partial charge is 0.310 e. The predicted molar refractivity (Wildman–Crippen MR) is 174 cm³/mol. The van der Waals surface area contributed by atoms with Crippen LogP contribution in [0.15, 0.2) is 23.3 Å². The Balaban J connectivity index is 1.58. The fourth-order valence-corrected chi connectivity index (χ4v) is 10.8. The Morgan fingerprint density at radius 2 is 1.67 bits per heavy atom. The van der Waals surface area contributed by atoms with Crippen molar-refractivity contribution >= 4 is 17.9 Å². The molecule has 2 saturated carbocycles. The van der Waals surface area contributed by atoms with Crippen LogP contribution in [0.3, 0.4) is 0 Å². The number of hydrogen-bond donors (Lipinski definition) is 5. The summed E-state index contributed by atoms with van der Waals surface area (Å²) in [6, 6.07) is 0. The van der Waals surface area contributed by atoms with E-state index < -0.39 is 59.9 Å². The van der Waals surface area contributed by atoms with Gasteiger partial charge in [-0.05, 0) is 100 Å². The van der Waals surface area contributed by atoms with Crippen LogP contribution in [0.1, 0.15) is 119 Å². The second-order valence-electron chi connectivity index (χ2n) is 16.6. The van der Waals surface area contributed by atoms with Crippen molar-refractivity contribution in [1.29, 1.82) is 0 Å². The highest BCUT2D eigenvalue weighted by Crippen LogP contribution is 2.72. The van der Waals surface area contributed by atoms with Crippen LogP contribution in [0, 0.1) is 45.3 Å². The molecule has 2 fully saturated rings. The highest BCUT2D eigenvalue weighted by Gasteiger charge is 2.67. The van der Waals surface area contributed by atoms with Gasteiger partial charge in [0.2, 0.25) is 0 Å². The third-order valence-electron chi connectivity index (χ3n) is 13.9. The summed E-state index contributed by atoms with van der Waals surface area (Å²) < 4.78 is 5.92. The minimum absolute atomic E-state index is 0.00773. The molecule has 5 N–H and O–H groups in total. The average Bonchev–Trinajstić information content (AvgIpc) is 3.24. The third kappa shape index (κ3) is 5.98. The zero-order chi connectivity index (χ0) is 34.6. The van der Waals surface area contributed by atoms with Gasteiger partial charge in [-0.2, -0.15) is 0 Å². The number of carbonyl (C=O) groups excluding carboxylic acids is 1. The van der Waals surface area contributed by atoms with Crippen molar-refractivity contribution in [3.8, 4) is 0 Å². The molecule has 0 amide bonds. The average molecular weight is 647 g/mol. The van der Waals surface area contributed by atoms with Crippen molar-refractivity contribution < 1.29 is 44.7 Å². The summed E-state index contributed by atoms with van der Waals surface area (Å²) >= 11 is 0. The molecule has 0 aromatic rings. The van der Waals surface area contributed by atoms with Gasteiger partial charge < -0.3 is 30.3 Å². The first-order valence-electron chi connectivity index (χ1n) is 17.2. The minimum atomic E-state index is -1.73. The number of aliphatic hydroxyl groups excluding tert-OH is 2. The summed E-state index contributed by atoms with van der Waals surface area (Å²) in [7, 11) is 0. The second kappa shape index (κ2) is 12.7.